The van der Waals surface area contributed by atoms with Crippen LogP contribution in [0.15, 0.2) is 0 Å². The Labute approximate surface area is 114 Å². The number of ether oxygens (including phenoxy) is 1. The first-order valence-corrected chi connectivity index (χ1v) is 6.50. The highest BCUT2D eigenvalue weighted by atomic mass is 16.5. The number of amides is 1. The third kappa shape index (κ3) is 3.91. The minimum absolute atomic E-state index is 0.155. The molecule has 0 radical (unpaired) electrons. The van der Waals surface area contributed by atoms with Crippen LogP contribution in [0.3, 0.4) is 0 Å². The average molecular weight is 272 g/mol. The molecule has 6 nitrogen and oxygen atoms in total. The van der Waals surface area contributed by atoms with Crippen LogP contribution in [0.2, 0.25) is 0 Å². The van der Waals surface area contributed by atoms with Gasteiger partial charge in [-0.15, -0.1) is 0 Å². The van der Waals surface area contributed by atoms with Crippen LogP contribution in [-0.4, -0.2) is 62.3 Å². The molecule has 1 aliphatic rings. The number of carboxylic acids is 1. The van der Waals surface area contributed by atoms with Gasteiger partial charge < -0.3 is 20.1 Å². The van der Waals surface area contributed by atoms with Gasteiger partial charge in [-0.2, -0.15) is 0 Å². The zero-order valence-electron chi connectivity index (χ0n) is 12.1. The molecule has 0 bridgehead atoms. The lowest BCUT2D eigenvalue weighted by atomic mass is 10.1. The zero-order valence-corrected chi connectivity index (χ0v) is 12.1. The van der Waals surface area contributed by atoms with Crippen LogP contribution in [-0.2, 0) is 14.3 Å². The molecule has 0 aromatic carbocycles. The number of nitrogens with zero attached hydrogens (tertiary/aromatic N) is 1. The number of carbonyl (C=O) groups is 2. The lowest BCUT2D eigenvalue weighted by molar-refractivity contribution is -0.140. The molecule has 0 spiro atoms. The summed E-state index contributed by atoms with van der Waals surface area (Å²) in [7, 11) is 3.60. The number of methoxy groups -OCH3 is 1. The molecule has 1 amide bonds. The van der Waals surface area contributed by atoms with Gasteiger partial charge in [-0.1, -0.05) is 13.8 Å². The van der Waals surface area contributed by atoms with E-state index in [2.05, 4.69) is 10.2 Å². The molecule has 2 N–H and O–H groups in total. The Balaban J connectivity index is 2.28. The van der Waals surface area contributed by atoms with Gasteiger partial charge in [0, 0.05) is 26.7 Å². The Hall–Kier alpha value is -1.14. The fraction of sp³-hybridized carbons (Fsp3) is 0.846. The molecule has 19 heavy (non-hydrogen) atoms. The highest BCUT2D eigenvalue weighted by Crippen LogP contribution is 2.58. The lowest BCUT2D eigenvalue weighted by Gasteiger charge is -2.16. The standard InChI is InChI=1S/C13H24N2O4/c1-13(2)9(10(13)12(17)18)11(16)14-5-6-15(3)7-8-19-4/h9-10H,5-8H2,1-4H3,(H,14,16)(H,17,18)/t9-,10+/m1/s1. The van der Waals surface area contributed by atoms with Crippen LogP contribution < -0.4 is 5.32 Å². The quantitative estimate of drug-likeness (QED) is 0.652. The summed E-state index contributed by atoms with van der Waals surface area (Å²) < 4.78 is 4.96. The molecule has 0 aliphatic heterocycles. The van der Waals surface area contributed by atoms with Crippen molar-refractivity contribution in [1.82, 2.24) is 10.2 Å². The Morgan fingerprint density at radius 2 is 1.95 bits per heavy atom. The summed E-state index contributed by atoms with van der Waals surface area (Å²) in [5.41, 5.74) is -0.433. The van der Waals surface area contributed by atoms with Gasteiger partial charge in [0.2, 0.25) is 5.91 Å². The van der Waals surface area contributed by atoms with Crippen LogP contribution >= 0.6 is 0 Å². The van der Waals surface area contributed by atoms with Crippen molar-refractivity contribution in [3.63, 3.8) is 0 Å². The first-order chi connectivity index (χ1) is 8.82. The normalized spacial score (nSPS) is 24.3. The maximum absolute atomic E-state index is 11.9. The van der Waals surface area contributed by atoms with Gasteiger partial charge in [0.15, 0.2) is 0 Å². The number of likely N-dealkylation sites (N-methyl/N-ethyl adjacent to an activating group) is 1. The van der Waals surface area contributed by atoms with Gasteiger partial charge in [0.05, 0.1) is 18.4 Å². The van der Waals surface area contributed by atoms with Crippen LogP contribution in [0, 0.1) is 17.3 Å². The number of hydrogen-bond donors (Lipinski definition) is 2. The highest BCUT2D eigenvalue weighted by Gasteiger charge is 2.65. The maximum Gasteiger partial charge on any atom is 0.307 e. The number of carbonyl (C=O) groups excluding carboxylic acids is 1. The molecule has 6 heteroatoms. The van der Waals surface area contributed by atoms with Gasteiger partial charge in [0.1, 0.15) is 0 Å². The van der Waals surface area contributed by atoms with Crippen molar-refractivity contribution in [1.29, 1.82) is 0 Å². The van der Waals surface area contributed by atoms with Crippen LogP contribution in [0.1, 0.15) is 13.8 Å². The average Bonchev–Trinajstić information content (AvgIpc) is 2.89. The second-order valence-corrected chi connectivity index (χ2v) is 5.70. The van der Waals surface area contributed by atoms with Crippen LogP contribution in [0.5, 0.6) is 0 Å². The second-order valence-electron chi connectivity index (χ2n) is 5.70. The summed E-state index contributed by atoms with van der Waals surface area (Å²) in [4.78, 5) is 25.0. The fourth-order valence-corrected chi connectivity index (χ4v) is 2.43. The van der Waals surface area contributed by atoms with Crippen molar-refractivity contribution in [2.24, 2.45) is 17.3 Å². The number of rotatable bonds is 8. The predicted octanol–water partition coefficient (Wildman–Crippen LogP) is 0.0376. The van der Waals surface area contributed by atoms with E-state index in [4.69, 9.17) is 9.84 Å². The maximum atomic E-state index is 11.9. The minimum Gasteiger partial charge on any atom is -0.481 e. The topological polar surface area (TPSA) is 78.9 Å². The van der Waals surface area contributed by atoms with E-state index in [1.807, 2.05) is 20.9 Å². The van der Waals surface area contributed by atoms with E-state index in [0.717, 1.165) is 13.1 Å². The Bertz CT molecular complexity index is 344. The highest BCUT2D eigenvalue weighted by molar-refractivity contribution is 5.91. The Morgan fingerprint density at radius 1 is 1.32 bits per heavy atom. The molecule has 0 unspecified atom stereocenters. The third-order valence-corrected chi connectivity index (χ3v) is 3.85. The first kappa shape index (κ1) is 15.9. The molecule has 0 saturated heterocycles. The monoisotopic (exact) mass is 272 g/mol. The van der Waals surface area contributed by atoms with E-state index in [9.17, 15) is 9.59 Å². The van der Waals surface area contributed by atoms with E-state index in [0.29, 0.717) is 13.2 Å². The number of aliphatic carboxylic acids is 1. The third-order valence-electron chi connectivity index (χ3n) is 3.85. The van der Waals surface area contributed by atoms with Gasteiger partial charge >= 0.3 is 5.97 Å². The number of nitrogens with one attached hydrogen (secondary N) is 1. The largest absolute Gasteiger partial charge is 0.481 e. The van der Waals surface area contributed by atoms with E-state index in [-0.39, 0.29) is 5.91 Å². The molecule has 1 aliphatic carbocycles. The molecule has 2 atom stereocenters. The van der Waals surface area contributed by atoms with Gasteiger partial charge in [-0.25, -0.2) is 0 Å². The summed E-state index contributed by atoms with van der Waals surface area (Å²) in [6.45, 7) is 6.35. The van der Waals surface area contributed by atoms with Crippen molar-refractivity contribution < 1.29 is 19.4 Å². The summed E-state index contributed by atoms with van der Waals surface area (Å²) in [5.74, 6) is -2.01. The smallest absolute Gasteiger partial charge is 0.307 e. The van der Waals surface area contributed by atoms with E-state index in [1.54, 1.807) is 7.11 Å². The molecular weight excluding hydrogens is 248 g/mol. The lowest BCUT2D eigenvalue weighted by Crippen LogP contribution is -2.35. The zero-order chi connectivity index (χ0) is 14.6. The Kier molecular flexibility index (Phi) is 5.31. The minimum atomic E-state index is -0.887. The van der Waals surface area contributed by atoms with Crippen molar-refractivity contribution >= 4 is 11.9 Å². The molecule has 1 fully saturated rings. The van der Waals surface area contributed by atoms with Gasteiger partial charge in [-0.3, -0.25) is 9.59 Å². The van der Waals surface area contributed by atoms with Crippen molar-refractivity contribution in [3.05, 3.63) is 0 Å². The van der Waals surface area contributed by atoms with Gasteiger partial charge in [-0.05, 0) is 12.5 Å². The predicted molar refractivity (Wildman–Crippen MR) is 70.8 cm³/mol. The second kappa shape index (κ2) is 6.34. The van der Waals surface area contributed by atoms with Crippen LogP contribution in [0.4, 0.5) is 0 Å². The summed E-state index contributed by atoms with van der Waals surface area (Å²) in [6.07, 6.45) is 0. The number of hydrogen-bond acceptors (Lipinski definition) is 4. The van der Waals surface area contributed by atoms with Crippen molar-refractivity contribution in [2.45, 2.75) is 13.8 Å². The number of carboxylic acid groups (broad SMARTS) is 1. The van der Waals surface area contributed by atoms with Crippen molar-refractivity contribution in [3.8, 4) is 0 Å². The molecule has 110 valence electrons. The summed E-state index contributed by atoms with van der Waals surface area (Å²) in [6, 6.07) is 0. The molecular formula is C13H24N2O4. The molecule has 0 aromatic heterocycles. The fourth-order valence-electron chi connectivity index (χ4n) is 2.43. The summed E-state index contributed by atoms with van der Waals surface area (Å²) in [5, 5.41) is 11.8. The van der Waals surface area contributed by atoms with Crippen LogP contribution in [0.25, 0.3) is 0 Å². The molecule has 0 aromatic rings. The van der Waals surface area contributed by atoms with E-state index in [1.165, 1.54) is 0 Å². The van der Waals surface area contributed by atoms with E-state index >= 15 is 0 Å². The molecule has 1 saturated carbocycles. The van der Waals surface area contributed by atoms with E-state index < -0.39 is 23.2 Å². The SMILES string of the molecule is COCCN(C)CCNC(=O)[C@H]1[C@@H](C(=O)O)C1(C)C. The first-order valence-electron chi connectivity index (χ1n) is 6.50. The molecule has 0 heterocycles. The van der Waals surface area contributed by atoms with Crippen molar-refractivity contribution in [2.75, 3.05) is 40.4 Å². The Morgan fingerprint density at radius 3 is 2.42 bits per heavy atom. The van der Waals surface area contributed by atoms with Gasteiger partial charge in [0.25, 0.3) is 0 Å². The molecule has 1 rings (SSSR count). The summed E-state index contributed by atoms with van der Waals surface area (Å²) >= 11 is 0.